The van der Waals surface area contributed by atoms with E-state index in [4.69, 9.17) is 4.98 Å². The Kier molecular flexibility index (Phi) is 5.70. The minimum absolute atomic E-state index is 0.472. The summed E-state index contributed by atoms with van der Waals surface area (Å²) < 4.78 is 40.6. The van der Waals surface area contributed by atoms with E-state index in [0.717, 1.165) is 28.0 Å². The second-order valence-electron chi connectivity index (χ2n) is 8.34. The van der Waals surface area contributed by atoms with Crippen molar-refractivity contribution in [2.24, 2.45) is 0 Å². The molecule has 1 atom stereocenters. The van der Waals surface area contributed by atoms with E-state index in [-0.39, 0.29) is 0 Å². The molecule has 5 heterocycles. The number of fused-ring (bicyclic) bond motifs is 1. The molecule has 1 unspecified atom stereocenters. The fraction of sp³-hybridized carbons (Fsp3) is 0.364. The quantitative estimate of drug-likeness (QED) is 0.471. The average molecular weight is 472 g/mol. The molecule has 0 aliphatic carbocycles. The van der Waals surface area contributed by atoms with Crippen LogP contribution in [0.2, 0.25) is 0 Å². The number of halogens is 3. The molecule has 1 aliphatic rings. The van der Waals surface area contributed by atoms with E-state index in [0.29, 0.717) is 42.2 Å². The minimum atomic E-state index is -4.35. The molecule has 0 saturated carbocycles. The number of pyridine rings is 2. The van der Waals surface area contributed by atoms with Crippen molar-refractivity contribution < 1.29 is 18.3 Å². The molecule has 4 aromatic heterocycles. The van der Waals surface area contributed by atoms with Crippen LogP contribution >= 0.6 is 0 Å². The van der Waals surface area contributed by atoms with Gasteiger partial charge in [-0.05, 0) is 24.6 Å². The summed E-state index contributed by atoms with van der Waals surface area (Å²) in [5.74, 6) is 1.36. The Labute approximate surface area is 192 Å². The number of hydrogen-bond acceptors (Lipinski definition) is 7. The van der Waals surface area contributed by atoms with Gasteiger partial charge in [-0.2, -0.15) is 23.4 Å². The first-order valence-electron chi connectivity index (χ1n) is 10.8. The summed E-state index contributed by atoms with van der Waals surface area (Å²) in [6, 6.07) is 5.58. The third kappa shape index (κ3) is 4.59. The third-order valence-corrected chi connectivity index (χ3v) is 5.66. The number of aliphatic hydroxyl groups excluding tert-OH is 1. The Bertz CT molecular complexity index is 1320. The molecule has 0 aromatic carbocycles. The Hall–Kier alpha value is -3.51. The van der Waals surface area contributed by atoms with Crippen molar-refractivity contribution in [1.82, 2.24) is 34.8 Å². The van der Waals surface area contributed by atoms with Crippen LogP contribution in [0.15, 0.2) is 43.0 Å². The summed E-state index contributed by atoms with van der Waals surface area (Å²) in [6.07, 6.45) is 1.13. The zero-order chi connectivity index (χ0) is 23.9. The summed E-state index contributed by atoms with van der Waals surface area (Å²) >= 11 is 0. The zero-order valence-electron chi connectivity index (χ0n) is 18.4. The van der Waals surface area contributed by atoms with Crippen molar-refractivity contribution in [3.63, 3.8) is 0 Å². The smallest absolute Gasteiger partial charge is 0.390 e. The number of aromatic nitrogens is 6. The molecule has 1 saturated heterocycles. The van der Waals surface area contributed by atoms with Crippen molar-refractivity contribution >= 4 is 16.7 Å². The van der Waals surface area contributed by atoms with Crippen LogP contribution in [0.1, 0.15) is 5.56 Å². The van der Waals surface area contributed by atoms with Gasteiger partial charge in [0.15, 0.2) is 5.82 Å². The van der Waals surface area contributed by atoms with Crippen LogP contribution in [0.4, 0.5) is 19.0 Å². The van der Waals surface area contributed by atoms with Crippen molar-refractivity contribution in [3.05, 3.63) is 48.5 Å². The third-order valence-electron chi connectivity index (χ3n) is 5.66. The fourth-order valence-electron chi connectivity index (χ4n) is 4.06. The number of aliphatic hydroxyl groups is 1. The van der Waals surface area contributed by atoms with Gasteiger partial charge >= 0.3 is 6.18 Å². The lowest BCUT2D eigenvalue weighted by molar-refractivity contribution is -0.142. The van der Waals surface area contributed by atoms with E-state index >= 15 is 0 Å². The first kappa shape index (κ1) is 22.3. The average Bonchev–Trinajstić information content (AvgIpc) is 3.35. The predicted octanol–water partition coefficient (Wildman–Crippen LogP) is 2.32. The summed E-state index contributed by atoms with van der Waals surface area (Å²) in [5.41, 5.74) is 2.65. The van der Waals surface area contributed by atoms with Gasteiger partial charge in [-0.25, -0.2) is 9.67 Å². The van der Waals surface area contributed by atoms with E-state index in [2.05, 4.69) is 25.4 Å². The lowest BCUT2D eigenvalue weighted by Crippen LogP contribution is -2.34. The number of aryl methyl sites for hydroxylation is 1. The molecule has 12 heteroatoms. The Balaban J connectivity index is 1.50. The van der Waals surface area contributed by atoms with Gasteiger partial charge in [0.25, 0.3) is 0 Å². The first-order chi connectivity index (χ1) is 16.3. The lowest BCUT2D eigenvalue weighted by atomic mass is 10.2. The highest BCUT2D eigenvalue weighted by Gasteiger charge is 2.28. The van der Waals surface area contributed by atoms with Crippen LogP contribution in [0, 0.1) is 6.92 Å². The summed E-state index contributed by atoms with van der Waals surface area (Å²) in [6.45, 7) is 3.27. The number of alkyl halides is 3. The van der Waals surface area contributed by atoms with Crippen LogP contribution in [-0.2, 0) is 6.54 Å². The van der Waals surface area contributed by atoms with E-state index in [1.54, 1.807) is 23.1 Å². The molecule has 1 aliphatic heterocycles. The predicted molar refractivity (Wildman–Crippen MR) is 120 cm³/mol. The molecule has 9 nitrogen and oxygen atoms in total. The molecule has 0 bridgehead atoms. The molecule has 0 amide bonds. The van der Waals surface area contributed by atoms with Gasteiger partial charge in [0.05, 0.1) is 29.7 Å². The number of nitrogens with one attached hydrogen (secondary N) is 1. The molecule has 34 heavy (non-hydrogen) atoms. The number of hydrogen-bond donors (Lipinski definition) is 2. The highest BCUT2D eigenvalue weighted by Crippen LogP contribution is 2.26. The van der Waals surface area contributed by atoms with Gasteiger partial charge in [0.1, 0.15) is 12.4 Å². The summed E-state index contributed by atoms with van der Waals surface area (Å²) in [5, 5.41) is 22.4. The second kappa shape index (κ2) is 8.69. The maximum absolute atomic E-state index is 12.7. The summed E-state index contributed by atoms with van der Waals surface area (Å²) in [4.78, 5) is 11.3. The highest BCUT2D eigenvalue weighted by molar-refractivity contribution is 5.83. The first-order valence-corrected chi connectivity index (χ1v) is 10.8. The van der Waals surface area contributed by atoms with Gasteiger partial charge in [0.2, 0.25) is 0 Å². The second-order valence-corrected chi connectivity index (χ2v) is 8.34. The minimum Gasteiger partial charge on any atom is -0.390 e. The van der Waals surface area contributed by atoms with Crippen LogP contribution in [-0.4, -0.2) is 73.1 Å². The number of rotatable bonds is 4. The van der Waals surface area contributed by atoms with Crippen LogP contribution in [0.3, 0.4) is 0 Å². The van der Waals surface area contributed by atoms with Crippen LogP contribution < -0.4 is 10.2 Å². The zero-order valence-corrected chi connectivity index (χ0v) is 18.4. The normalized spacial score (nSPS) is 17.3. The molecule has 4 aromatic rings. The topological polar surface area (TPSA) is 96.9 Å². The van der Waals surface area contributed by atoms with Crippen molar-refractivity contribution in [2.45, 2.75) is 25.7 Å². The molecule has 0 radical (unpaired) electrons. The van der Waals surface area contributed by atoms with Crippen molar-refractivity contribution in [3.8, 4) is 17.1 Å². The Morgan fingerprint density at radius 1 is 1.18 bits per heavy atom. The van der Waals surface area contributed by atoms with Gasteiger partial charge in [0, 0.05) is 49.5 Å². The number of nitrogens with zero attached hydrogens (tertiary/aromatic N) is 7. The van der Waals surface area contributed by atoms with E-state index in [1.165, 1.54) is 12.4 Å². The van der Waals surface area contributed by atoms with E-state index in [9.17, 15) is 18.3 Å². The molecular formula is C22H23F3N8O. The van der Waals surface area contributed by atoms with Gasteiger partial charge in [-0.15, -0.1) is 0 Å². The van der Waals surface area contributed by atoms with E-state index < -0.39 is 18.8 Å². The lowest BCUT2D eigenvalue weighted by Gasteiger charge is -2.25. The molecular weight excluding hydrogens is 449 g/mol. The Morgan fingerprint density at radius 3 is 2.85 bits per heavy atom. The molecule has 2 N–H and O–H groups in total. The van der Waals surface area contributed by atoms with Crippen molar-refractivity contribution in [2.75, 3.05) is 31.1 Å². The van der Waals surface area contributed by atoms with Gasteiger partial charge in [-0.3, -0.25) is 9.67 Å². The van der Waals surface area contributed by atoms with Gasteiger partial charge in [-0.1, -0.05) is 6.07 Å². The number of anilines is 1. The SMILES string of the molecule is Cc1ccc(-n2ncc3cnc(-c4cnn(CC(F)(F)F)c4)cc32)nc1N1CCNCC(O)C1. The standard InChI is InChI=1S/C22H23F3N8O/c1-14-2-3-20(30-21(14)31-5-4-26-10-17(34)12-31)33-19-6-18(27-7-15(19)8-29-33)16-9-28-32(11-16)13-22(23,24)25/h2-3,6-9,11,17,26,34H,4-5,10,12-13H2,1H3. The van der Waals surface area contributed by atoms with Gasteiger partial charge < -0.3 is 15.3 Å². The maximum atomic E-state index is 12.7. The van der Waals surface area contributed by atoms with Crippen molar-refractivity contribution in [1.29, 1.82) is 0 Å². The Morgan fingerprint density at radius 2 is 2.03 bits per heavy atom. The fourth-order valence-corrected chi connectivity index (χ4v) is 4.06. The highest BCUT2D eigenvalue weighted by atomic mass is 19.4. The monoisotopic (exact) mass is 472 g/mol. The number of β-amino-alcohol motifs (C(OH)–C–C–N with tert-alkyl or cyclic N) is 1. The molecule has 5 rings (SSSR count). The van der Waals surface area contributed by atoms with Crippen LogP contribution in [0.5, 0.6) is 0 Å². The van der Waals surface area contributed by atoms with Crippen LogP contribution in [0.25, 0.3) is 28.0 Å². The summed E-state index contributed by atoms with van der Waals surface area (Å²) in [7, 11) is 0. The molecule has 1 fully saturated rings. The molecule has 178 valence electrons. The maximum Gasteiger partial charge on any atom is 0.408 e. The largest absolute Gasteiger partial charge is 0.408 e. The van der Waals surface area contributed by atoms with E-state index in [1.807, 2.05) is 19.1 Å². The molecule has 0 spiro atoms.